The minimum atomic E-state index is -0.322. The fourth-order valence-corrected chi connectivity index (χ4v) is 6.31. The van der Waals surface area contributed by atoms with E-state index in [4.69, 9.17) is 25.1 Å². The van der Waals surface area contributed by atoms with Gasteiger partial charge in [-0.2, -0.15) is 12.8 Å². The summed E-state index contributed by atoms with van der Waals surface area (Å²) in [5.74, 6) is 0.0665. The molecule has 5 atom stereocenters. The van der Waals surface area contributed by atoms with Crippen LogP contribution in [0.25, 0.3) is 16.0 Å². The number of carbonyl (C=O) groups is 1. The number of methoxy groups -OCH3 is 1. The van der Waals surface area contributed by atoms with E-state index in [0.29, 0.717) is 48.9 Å². The first-order valence-corrected chi connectivity index (χ1v) is 16.0. The molecule has 0 spiro atoms. The molecule has 1 aliphatic heterocycles. The number of aromatic nitrogens is 4. The van der Waals surface area contributed by atoms with Gasteiger partial charge in [-0.15, -0.1) is 11.8 Å². The molecule has 0 saturated carbocycles. The topological polar surface area (TPSA) is 114 Å². The van der Waals surface area contributed by atoms with Gasteiger partial charge in [0.2, 0.25) is 6.54 Å². The van der Waals surface area contributed by atoms with Crippen molar-refractivity contribution < 1.29 is 39.8 Å². The number of nitrogens with zero attached hydrogens (tertiary/aromatic N) is 5. The van der Waals surface area contributed by atoms with Crippen LogP contribution < -0.4 is 5.32 Å². The van der Waals surface area contributed by atoms with E-state index in [9.17, 15) is 4.79 Å². The zero-order chi connectivity index (χ0) is 31.5. The maximum atomic E-state index is 12.7. The second-order valence-electron chi connectivity index (χ2n) is 9.06. The van der Waals surface area contributed by atoms with Crippen LogP contribution >= 0.6 is 20.8 Å². The van der Waals surface area contributed by atoms with Crippen molar-refractivity contribution >= 4 is 43.7 Å². The Labute approximate surface area is 277 Å². The van der Waals surface area contributed by atoms with Gasteiger partial charge in [0.25, 0.3) is 5.91 Å². The van der Waals surface area contributed by atoms with Gasteiger partial charge in [0, 0.05) is 17.9 Å². The summed E-state index contributed by atoms with van der Waals surface area (Å²) in [4.78, 5) is 29.3. The summed E-state index contributed by atoms with van der Waals surface area (Å²) < 4.78 is 25.1. The van der Waals surface area contributed by atoms with Crippen LogP contribution in [0.1, 0.15) is 55.8 Å². The predicted octanol–water partition coefficient (Wildman–Crippen LogP) is 6.42. The molecular formula is C30H43N6NiO5PS. The summed E-state index contributed by atoms with van der Waals surface area (Å²) in [5, 5.41) is 2.81. The van der Waals surface area contributed by atoms with Gasteiger partial charge in [0.1, 0.15) is 30.5 Å². The van der Waals surface area contributed by atoms with Crippen LogP contribution in [0.4, 0.5) is 5.82 Å². The molecule has 44 heavy (non-hydrogen) atoms. The first kappa shape index (κ1) is 39.9. The monoisotopic (exact) mass is 688 g/mol. The van der Waals surface area contributed by atoms with Gasteiger partial charge in [-0.1, -0.05) is 39.0 Å². The van der Waals surface area contributed by atoms with E-state index in [1.165, 1.54) is 6.33 Å². The van der Waals surface area contributed by atoms with Crippen molar-refractivity contribution in [2.45, 2.75) is 62.9 Å². The van der Waals surface area contributed by atoms with E-state index < -0.39 is 0 Å². The molecule has 1 aromatic carbocycles. The molecule has 3 heterocycles. The Balaban J connectivity index is 0.00000128. The van der Waals surface area contributed by atoms with Gasteiger partial charge in [-0.25, -0.2) is 21.5 Å². The molecule has 0 bridgehead atoms. The molecule has 1 N–H and O–H groups in total. The van der Waals surface area contributed by atoms with Gasteiger partial charge < -0.3 is 42.5 Å². The Morgan fingerprint density at radius 3 is 2.43 bits per heavy atom. The molecule has 14 heteroatoms. The van der Waals surface area contributed by atoms with E-state index in [1.54, 1.807) is 49.5 Å². The molecule has 11 nitrogen and oxygen atoms in total. The first-order valence-electron chi connectivity index (χ1n) is 14.2. The number of nitrogens with one attached hydrogen (secondary N) is 1. The summed E-state index contributed by atoms with van der Waals surface area (Å²) in [5.41, 5.74) is 1.60. The van der Waals surface area contributed by atoms with E-state index >= 15 is 0 Å². The van der Waals surface area contributed by atoms with E-state index in [-0.39, 0.29) is 54.3 Å². The van der Waals surface area contributed by atoms with Crippen LogP contribution in [-0.2, 0) is 35.0 Å². The van der Waals surface area contributed by atoms with Crippen molar-refractivity contribution in [2.75, 3.05) is 38.8 Å². The van der Waals surface area contributed by atoms with Crippen molar-refractivity contribution in [2.24, 2.45) is 0 Å². The smallest absolute Gasteiger partial charge is 0.382 e. The molecule has 1 saturated heterocycles. The van der Waals surface area contributed by atoms with Crippen molar-refractivity contribution in [1.82, 2.24) is 19.5 Å². The zero-order valence-electron chi connectivity index (χ0n) is 25.7. The first-order chi connectivity index (χ1) is 21.0. The fraction of sp³-hybridized carbons (Fsp3) is 0.500. The largest absolute Gasteiger partial charge is 2.00 e. The number of hydrogen-bond donors (Lipinski definition) is 1. The number of hydrogen-bond acceptors (Lipinski definition) is 9. The molecule has 1 aliphatic rings. The van der Waals surface area contributed by atoms with E-state index in [0.717, 1.165) is 19.3 Å². The Bertz CT molecular complexity index is 1250. The summed E-state index contributed by atoms with van der Waals surface area (Å²) in [6, 6.07) is 8.94. The Hall–Kier alpha value is -2.16. The Morgan fingerprint density at radius 1 is 1.09 bits per heavy atom. The number of ether oxygens (including phenoxy) is 2. The van der Waals surface area contributed by atoms with Gasteiger partial charge in [-0.3, -0.25) is 9.36 Å². The van der Waals surface area contributed by atoms with Crippen molar-refractivity contribution in [1.29, 1.82) is 0 Å². The minimum Gasteiger partial charge on any atom is -0.382 e. The van der Waals surface area contributed by atoms with Crippen LogP contribution in [0, 0.1) is 20.4 Å². The Kier molecular flexibility index (Phi) is 21.0. The summed E-state index contributed by atoms with van der Waals surface area (Å²) in [6.07, 6.45) is 5.42. The second kappa shape index (κ2) is 23.2. The molecule has 4 rings (SSSR count). The molecular weight excluding hydrogens is 646 g/mol. The number of imidazole rings is 1. The molecule has 244 valence electrons. The molecule has 3 aromatic rings. The van der Waals surface area contributed by atoms with Crippen LogP contribution in [0.2, 0.25) is 0 Å². The fourth-order valence-electron chi connectivity index (χ4n) is 3.97. The van der Waals surface area contributed by atoms with E-state index in [2.05, 4.69) is 45.9 Å². The standard InChI is InChI=1S/C24H29N6O5PS.2C3H7.Ni/c1-4-17-19(35-36-34-11-10-25-2)20(33-13-12-32-3)24(37-17)30-15-28-18-21(26-14-27-22(18)30)29-23(31)16-8-6-5-7-9-16;2*1-3-2;/h5-9,14-15,17,19-20,24,36H,4,10-13H2,1,3H3,(H,26,27,29,31);2*1,3H2,2H3;/q;2*-1;+2/t17-,19+,20?,24-;;;/m1.../s1. The van der Waals surface area contributed by atoms with E-state index in [1.807, 2.05) is 24.5 Å². The third-order valence-corrected chi connectivity index (χ3v) is 8.15. The SMILES string of the molecule is [C-]#[N+]CCOPO[C@@H]1C(OCCOC)[C@H](n2cnc3c(NC(=O)c4ccccc4)ncnc32)S[C@@H]1CC.[CH2-]CC.[CH2-]CC.[Ni+2]. The van der Waals surface area contributed by atoms with Crippen LogP contribution in [0.15, 0.2) is 43.0 Å². The number of benzene rings is 1. The van der Waals surface area contributed by atoms with Gasteiger partial charge in [0.05, 0.1) is 19.5 Å². The quantitative estimate of drug-likeness (QED) is 0.0940. The van der Waals surface area contributed by atoms with Crippen molar-refractivity contribution in [3.63, 3.8) is 0 Å². The molecule has 0 aliphatic carbocycles. The van der Waals surface area contributed by atoms with Crippen LogP contribution in [0.5, 0.6) is 0 Å². The molecule has 0 radical (unpaired) electrons. The summed E-state index contributed by atoms with van der Waals surface area (Å²) in [6.45, 7) is 21.5. The van der Waals surface area contributed by atoms with Crippen LogP contribution in [0.3, 0.4) is 0 Å². The third-order valence-electron chi connectivity index (χ3n) is 5.73. The third kappa shape index (κ3) is 12.0. The van der Waals surface area contributed by atoms with Gasteiger partial charge in [-0.05, 0) is 18.6 Å². The number of rotatable bonds is 13. The Morgan fingerprint density at radius 2 is 1.80 bits per heavy atom. The maximum absolute atomic E-state index is 12.7. The number of thioether (sulfide) groups is 1. The number of amides is 1. The van der Waals surface area contributed by atoms with Crippen molar-refractivity contribution in [3.05, 3.63) is 73.8 Å². The zero-order valence-corrected chi connectivity index (χ0v) is 28.5. The number of anilines is 1. The summed E-state index contributed by atoms with van der Waals surface area (Å²) in [7, 11) is 1.44. The molecule has 2 aromatic heterocycles. The molecule has 1 amide bonds. The van der Waals surface area contributed by atoms with Crippen molar-refractivity contribution in [3.8, 4) is 0 Å². The average molecular weight is 689 g/mol. The molecule has 1 fully saturated rings. The maximum Gasteiger partial charge on any atom is 2.00 e. The predicted molar refractivity (Wildman–Crippen MR) is 174 cm³/mol. The van der Waals surface area contributed by atoms with Gasteiger partial charge >= 0.3 is 16.5 Å². The summed E-state index contributed by atoms with van der Waals surface area (Å²) >= 11 is 1.73. The number of fused-ring (bicyclic) bond motifs is 1. The normalized spacial score (nSPS) is 18.9. The number of carbonyl (C=O) groups excluding carboxylic acids is 1. The van der Waals surface area contributed by atoms with Gasteiger partial charge in [0.15, 0.2) is 26.0 Å². The van der Waals surface area contributed by atoms with Crippen LogP contribution in [-0.4, -0.2) is 76.4 Å². The minimum absolute atomic E-state index is 0. The average Bonchev–Trinajstić information content (AvgIpc) is 3.60. The second-order valence-corrected chi connectivity index (χ2v) is 11.1. The molecule has 2 unspecified atom stereocenters.